The van der Waals surface area contributed by atoms with E-state index in [1.165, 1.54) is 0 Å². The second kappa shape index (κ2) is 9.07. The number of methoxy groups -OCH3 is 1. The molecule has 0 saturated carbocycles. The van der Waals surface area contributed by atoms with Gasteiger partial charge in [-0.25, -0.2) is 0 Å². The minimum atomic E-state index is 0.427. The van der Waals surface area contributed by atoms with Gasteiger partial charge in [-0.15, -0.1) is 0 Å². The van der Waals surface area contributed by atoms with Crippen LogP contribution in [0.15, 0.2) is 16.6 Å². The smallest absolute Gasteiger partial charge is 0.153 e. The number of rotatable bonds is 9. The first-order chi connectivity index (χ1) is 9.19. The predicted octanol–water partition coefficient (Wildman–Crippen LogP) is 3.00. The Morgan fingerprint density at radius 3 is 2.68 bits per heavy atom. The number of benzene rings is 1. The van der Waals surface area contributed by atoms with Crippen molar-refractivity contribution in [1.82, 2.24) is 0 Å². The molecule has 106 valence electrons. The molecule has 0 aliphatic carbocycles. The highest BCUT2D eigenvalue weighted by atomic mass is 79.9. The topological polar surface area (TPSA) is 44.8 Å². The maximum absolute atomic E-state index is 11.0. The number of hydrogen-bond acceptors (Lipinski definition) is 4. The lowest BCUT2D eigenvalue weighted by molar-refractivity contribution is 0.0800. The van der Waals surface area contributed by atoms with Crippen molar-refractivity contribution >= 4 is 22.2 Å². The van der Waals surface area contributed by atoms with Gasteiger partial charge in [0.05, 0.1) is 12.2 Å². The summed E-state index contributed by atoms with van der Waals surface area (Å²) >= 11 is 3.35. The minimum Gasteiger partial charge on any atom is -0.490 e. The van der Waals surface area contributed by atoms with Crippen molar-refractivity contribution in [2.75, 3.05) is 33.5 Å². The summed E-state index contributed by atoms with van der Waals surface area (Å²) in [5.41, 5.74) is 1.47. The van der Waals surface area contributed by atoms with Gasteiger partial charge in [0.1, 0.15) is 12.4 Å². The summed E-state index contributed by atoms with van der Waals surface area (Å²) < 4.78 is 16.8. The van der Waals surface area contributed by atoms with E-state index < -0.39 is 0 Å². The zero-order chi connectivity index (χ0) is 14.1. The molecule has 1 aromatic rings. The average Bonchev–Trinajstić information content (AvgIpc) is 2.39. The number of carbonyl (C=O) groups is 1. The van der Waals surface area contributed by atoms with E-state index in [-0.39, 0.29) is 0 Å². The lowest BCUT2D eigenvalue weighted by Crippen LogP contribution is -2.10. The van der Waals surface area contributed by atoms with Crippen LogP contribution in [0.2, 0.25) is 0 Å². The Morgan fingerprint density at radius 2 is 2.00 bits per heavy atom. The summed E-state index contributed by atoms with van der Waals surface area (Å²) in [6, 6.07) is 3.66. The Balaban J connectivity index is 2.39. The first kappa shape index (κ1) is 16.1. The van der Waals surface area contributed by atoms with Gasteiger partial charge in [-0.1, -0.05) is 15.9 Å². The van der Waals surface area contributed by atoms with E-state index in [1.807, 2.05) is 13.0 Å². The van der Waals surface area contributed by atoms with Gasteiger partial charge in [-0.05, 0) is 31.0 Å². The minimum absolute atomic E-state index is 0.427. The molecule has 1 rings (SSSR count). The number of aldehydes is 1. The molecule has 0 saturated heterocycles. The fraction of sp³-hybridized carbons (Fsp3) is 0.500. The Morgan fingerprint density at radius 1 is 1.21 bits per heavy atom. The van der Waals surface area contributed by atoms with Gasteiger partial charge in [0.15, 0.2) is 6.29 Å². The van der Waals surface area contributed by atoms with Crippen LogP contribution in [-0.2, 0) is 9.47 Å². The molecule has 0 fully saturated rings. The normalized spacial score (nSPS) is 10.5. The second-order valence-corrected chi connectivity index (χ2v) is 4.98. The predicted molar refractivity (Wildman–Crippen MR) is 77.1 cm³/mol. The molecule has 0 aliphatic rings. The van der Waals surface area contributed by atoms with Crippen LogP contribution in [0.3, 0.4) is 0 Å². The molecule has 0 unspecified atom stereocenters. The van der Waals surface area contributed by atoms with Crippen LogP contribution in [0.25, 0.3) is 0 Å². The van der Waals surface area contributed by atoms with E-state index in [0.29, 0.717) is 37.7 Å². The van der Waals surface area contributed by atoms with Crippen LogP contribution >= 0.6 is 15.9 Å². The molecule has 0 radical (unpaired) electrons. The van der Waals surface area contributed by atoms with Crippen molar-refractivity contribution < 1.29 is 19.0 Å². The van der Waals surface area contributed by atoms with Crippen molar-refractivity contribution in [2.45, 2.75) is 13.3 Å². The molecule has 0 spiro atoms. The molecule has 1 aromatic carbocycles. The van der Waals surface area contributed by atoms with E-state index in [1.54, 1.807) is 13.2 Å². The van der Waals surface area contributed by atoms with Gasteiger partial charge < -0.3 is 14.2 Å². The van der Waals surface area contributed by atoms with E-state index in [0.717, 1.165) is 22.7 Å². The Labute approximate surface area is 122 Å². The maximum Gasteiger partial charge on any atom is 0.153 e. The van der Waals surface area contributed by atoms with Crippen LogP contribution in [0.1, 0.15) is 22.3 Å². The molecule has 0 amide bonds. The molecule has 0 aliphatic heterocycles. The zero-order valence-corrected chi connectivity index (χ0v) is 12.9. The number of aryl methyl sites for hydroxylation is 1. The first-order valence-electron chi connectivity index (χ1n) is 6.14. The largest absolute Gasteiger partial charge is 0.490 e. The van der Waals surface area contributed by atoms with Crippen LogP contribution in [0, 0.1) is 6.92 Å². The first-order valence-corrected chi connectivity index (χ1v) is 6.93. The summed E-state index contributed by atoms with van der Waals surface area (Å²) in [5.74, 6) is 0.624. The number of ether oxygens (including phenoxy) is 3. The lowest BCUT2D eigenvalue weighted by atomic mass is 10.1. The van der Waals surface area contributed by atoms with Gasteiger partial charge in [-0.3, -0.25) is 4.79 Å². The van der Waals surface area contributed by atoms with Crippen LogP contribution in [0.4, 0.5) is 0 Å². The molecular weight excluding hydrogens is 312 g/mol. The van der Waals surface area contributed by atoms with Gasteiger partial charge in [0.25, 0.3) is 0 Å². The third-order valence-corrected chi connectivity index (χ3v) is 2.96. The summed E-state index contributed by atoms with van der Waals surface area (Å²) in [6.07, 6.45) is 1.67. The number of carbonyl (C=O) groups excluding carboxylic acids is 1. The summed E-state index contributed by atoms with van der Waals surface area (Å²) in [5, 5.41) is 0. The van der Waals surface area contributed by atoms with Crippen LogP contribution in [0.5, 0.6) is 5.75 Å². The zero-order valence-electron chi connectivity index (χ0n) is 11.3. The highest BCUT2D eigenvalue weighted by Crippen LogP contribution is 2.26. The second-order valence-electron chi connectivity index (χ2n) is 4.07. The number of hydrogen-bond donors (Lipinski definition) is 0. The van der Waals surface area contributed by atoms with Crippen LogP contribution in [-0.4, -0.2) is 39.8 Å². The Hall–Kier alpha value is -0.910. The van der Waals surface area contributed by atoms with Gasteiger partial charge in [-0.2, -0.15) is 0 Å². The highest BCUT2D eigenvalue weighted by molar-refractivity contribution is 9.10. The van der Waals surface area contributed by atoms with Gasteiger partial charge in [0, 0.05) is 24.8 Å². The molecule has 0 bridgehead atoms. The molecule has 4 nitrogen and oxygen atoms in total. The molecule has 5 heteroatoms. The molecule has 0 atom stereocenters. The standard InChI is InChI=1S/C14H19BrO4/c1-11-8-13(15)9-12(10-16)14(11)19-7-6-18-5-3-4-17-2/h8-10H,3-7H2,1-2H3. The summed E-state index contributed by atoms with van der Waals surface area (Å²) in [6.45, 7) is 4.18. The lowest BCUT2D eigenvalue weighted by Gasteiger charge is -2.12. The molecule has 0 heterocycles. The maximum atomic E-state index is 11.0. The van der Waals surface area contributed by atoms with E-state index >= 15 is 0 Å². The van der Waals surface area contributed by atoms with Crippen molar-refractivity contribution in [3.8, 4) is 5.75 Å². The van der Waals surface area contributed by atoms with Gasteiger partial charge in [0.2, 0.25) is 0 Å². The molecular formula is C14H19BrO4. The highest BCUT2D eigenvalue weighted by Gasteiger charge is 2.08. The third-order valence-electron chi connectivity index (χ3n) is 2.51. The van der Waals surface area contributed by atoms with Gasteiger partial charge >= 0.3 is 0 Å². The average molecular weight is 331 g/mol. The van der Waals surface area contributed by atoms with Crippen molar-refractivity contribution in [3.63, 3.8) is 0 Å². The summed E-state index contributed by atoms with van der Waals surface area (Å²) in [7, 11) is 1.67. The van der Waals surface area contributed by atoms with E-state index in [2.05, 4.69) is 15.9 Å². The Bertz CT molecular complexity index is 407. The van der Waals surface area contributed by atoms with Crippen molar-refractivity contribution in [3.05, 3.63) is 27.7 Å². The van der Waals surface area contributed by atoms with Crippen molar-refractivity contribution in [2.24, 2.45) is 0 Å². The SMILES string of the molecule is COCCCOCCOc1c(C)cc(Br)cc1C=O. The molecule has 19 heavy (non-hydrogen) atoms. The molecule has 0 aromatic heterocycles. The monoisotopic (exact) mass is 330 g/mol. The van der Waals surface area contributed by atoms with Crippen molar-refractivity contribution in [1.29, 1.82) is 0 Å². The van der Waals surface area contributed by atoms with E-state index in [9.17, 15) is 4.79 Å². The summed E-state index contributed by atoms with van der Waals surface area (Å²) in [4.78, 5) is 11.0. The van der Waals surface area contributed by atoms with Crippen LogP contribution < -0.4 is 4.74 Å². The number of halogens is 1. The van der Waals surface area contributed by atoms with E-state index in [4.69, 9.17) is 14.2 Å². The fourth-order valence-corrected chi connectivity index (χ4v) is 2.24. The fourth-order valence-electron chi connectivity index (χ4n) is 1.65. The molecule has 0 N–H and O–H groups in total. The third kappa shape index (κ3) is 5.72. The Kier molecular flexibility index (Phi) is 7.70. The quantitative estimate of drug-likeness (QED) is 0.515.